The van der Waals surface area contributed by atoms with Crippen LogP contribution in [0.2, 0.25) is 0 Å². The van der Waals surface area contributed by atoms with Gasteiger partial charge in [-0.05, 0) is 114 Å². The lowest BCUT2D eigenvalue weighted by Crippen LogP contribution is -2.14. The molecule has 9 aromatic carbocycles. The zero-order valence-electron chi connectivity index (χ0n) is 33.0. The summed E-state index contributed by atoms with van der Waals surface area (Å²) in [5, 5.41) is 4.87. The summed E-state index contributed by atoms with van der Waals surface area (Å²) >= 11 is 0. The second-order valence-electron chi connectivity index (χ2n) is 16.2. The highest BCUT2D eigenvalue weighted by atomic mass is 14.9. The van der Waals surface area contributed by atoms with Crippen LogP contribution in [0.5, 0.6) is 0 Å². The topological polar surface area (TPSA) is 25.8 Å². The number of hydrogen-bond donors (Lipinski definition) is 0. The molecule has 0 atom stereocenters. The third-order valence-corrected chi connectivity index (χ3v) is 12.3. The number of benzene rings is 9. The number of hydrogen-bond acceptors (Lipinski definition) is 2. The Morgan fingerprint density at radius 3 is 1.56 bits per heavy atom. The molecule has 0 spiro atoms. The highest BCUT2D eigenvalue weighted by Crippen LogP contribution is 2.51. The molecule has 1 aliphatic rings. The molecular formula is C57H40N2. The Morgan fingerprint density at radius 1 is 0.305 bits per heavy atom. The van der Waals surface area contributed by atoms with Crippen molar-refractivity contribution >= 4 is 21.5 Å². The maximum absolute atomic E-state index is 5.28. The van der Waals surface area contributed by atoms with Crippen LogP contribution in [0, 0.1) is 0 Å². The Bertz CT molecular complexity index is 3220. The Balaban J connectivity index is 0.976. The third-order valence-electron chi connectivity index (χ3n) is 12.3. The number of rotatable bonds is 6. The van der Waals surface area contributed by atoms with E-state index in [2.05, 4.69) is 214 Å². The minimum atomic E-state index is -0.0484. The fourth-order valence-corrected chi connectivity index (χ4v) is 9.17. The summed E-state index contributed by atoms with van der Waals surface area (Å²) in [4.78, 5) is 10.5. The van der Waals surface area contributed by atoms with Gasteiger partial charge in [0, 0.05) is 22.1 Å². The van der Waals surface area contributed by atoms with Gasteiger partial charge < -0.3 is 0 Å². The standard InChI is InChI=1S/C57H40N2/c1-57(2)52-31-28-44(34-50(52)51-33-42-18-9-10-19-43(42)35-53(51)57)38-24-26-39(27-25-38)46-29-30-49(48-23-12-11-22-47(46)48)56-58-54(40-16-7-4-8-17-40)36-55(59-56)45-21-13-20-41(32-45)37-14-5-3-6-15-37/h3-36H,1-2H3. The third kappa shape index (κ3) is 6.04. The van der Waals surface area contributed by atoms with Gasteiger partial charge in [0.25, 0.3) is 0 Å². The zero-order chi connectivity index (χ0) is 39.5. The van der Waals surface area contributed by atoms with Crippen LogP contribution < -0.4 is 0 Å². The van der Waals surface area contributed by atoms with Crippen LogP contribution in [0.4, 0.5) is 0 Å². The second-order valence-corrected chi connectivity index (χ2v) is 16.2. The number of nitrogens with zero attached hydrogens (tertiary/aromatic N) is 2. The Labute approximate surface area is 345 Å². The number of fused-ring (bicyclic) bond motifs is 5. The van der Waals surface area contributed by atoms with Crippen molar-refractivity contribution in [3.8, 4) is 78.4 Å². The van der Waals surface area contributed by atoms with E-state index in [4.69, 9.17) is 9.97 Å². The van der Waals surface area contributed by atoms with E-state index in [0.717, 1.165) is 39.0 Å². The summed E-state index contributed by atoms with van der Waals surface area (Å²) in [5.41, 5.74) is 17.5. The second kappa shape index (κ2) is 13.9. The summed E-state index contributed by atoms with van der Waals surface area (Å²) in [5.74, 6) is 0.707. The fourth-order valence-electron chi connectivity index (χ4n) is 9.17. The highest BCUT2D eigenvalue weighted by Gasteiger charge is 2.35. The first-order valence-electron chi connectivity index (χ1n) is 20.4. The first-order valence-corrected chi connectivity index (χ1v) is 20.4. The lowest BCUT2D eigenvalue weighted by molar-refractivity contribution is 0.661. The molecule has 1 aliphatic carbocycles. The minimum Gasteiger partial charge on any atom is -0.228 e. The lowest BCUT2D eigenvalue weighted by atomic mass is 9.81. The molecule has 0 aliphatic heterocycles. The zero-order valence-corrected chi connectivity index (χ0v) is 33.0. The van der Waals surface area contributed by atoms with Crippen molar-refractivity contribution in [2.75, 3.05) is 0 Å². The molecule has 0 radical (unpaired) electrons. The predicted molar refractivity (Wildman–Crippen MR) is 247 cm³/mol. The van der Waals surface area contributed by atoms with Crippen LogP contribution in [0.15, 0.2) is 206 Å². The summed E-state index contributed by atoms with van der Waals surface area (Å²) < 4.78 is 0. The molecule has 59 heavy (non-hydrogen) atoms. The monoisotopic (exact) mass is 752 g/mol. The largest absolute Gasteiger partial charge is 0.228 e. The average Bonchev–Trinajstić information content (AvgIpc) is 3.52. The predicted octanol–water partition coefficient (Wildman–Crippen LogP) is 15.1. The van der Waals surface area contributed by atoms with Gasteiger partial charge in [-0.3, -0.25) is 0 Å². The molecule has 0 unspecified atom stereocenters. The van der Waals surface area contributed by atoms with Crippen molar-refractivity contribution in [3.63, 3.8) is 0 Å². The normalized spacial score (nSPS) is 12.7. The first kappa shape index (κ1) is 34.8. The van der Waals surface area contributed by atoms with Crippen molar-refractivity contribution < 1.29 is 0 Å². The Morgan fingerprint density at radius 2 is 0.814 bits per heavy atom. The van der Waals surface area contributed by atoms with E-state index >= 15 is 0 Å². The van der Waals surface area contributed by atoms with Crippen LogP contribution in [0.25, 0.3) is 100.0 Å². The van der Waals surface area contributed by atoms with Crippen molar-refractivity contribution in [2.45, 2.75) is 19.3 Å². The molecule has 2 nitrogen and oxygen atoms in total. The van der Waals surface area contributed by atoms with Crippen LogP contribution in [0.3, 0.4) is 0 Å². The van der Waals surface area contributed by atoms with Gasteiger partial charge in [-0.15, -0.1) is 0 Å². The summed E-state index contributed by atoms with van der Waals surface area (Å²) in [6.07, 6.45) is 0. The molecule has 278 valence electrons. The smallest absolute Gasteiger partial charge is 0.161 e. The molecule has 1 heterocycles. The molecule has 0 amide bonds. The molecule has 10 aromatic rings. The molecule has 0 N–H and O–H groups in total. The molecule has 0 saturated carbocycles. The Hall–Kier alpha value is -7.42. The molecule has 0 bridgehead atoms. The minimum absolute atomic E-state index is 0.0484. The van der Waals surface area contributed by atoms with E-state index in [1.165, 1.54) is 66.2 Å². The van der Waals surface area contributed by atoms with Gasteiger partial charge in [-0.25, -0.2) is 9.97 Å². The number of aromatic nitrogens is 2. The maximum atomic E-state index is 5.28. The van der Waals surface area contributed by atoms with Gasteiger partial charge >= 0.3 is 0 Å². The first-order chi connectivity index (χ1) is 29.0. The van der Waals surface area contributed by atoms with Gasteiger partial charge in [0.1, 0.15) is 0 Å². The molecule has 11 rings (SSSR count). The summed E-state index contributed by atoms with van der Waals surface area (Å²) in [7, 11) is 0. The van der Waals surface area contributed by atoms with Crippen LogP contribution >= 0.6 is 0 Å². The van der Waals surface area contributed by atoms with E-state index in [1.807, 2.05) is 6.07 Å². The van der Waals surface area contributed by atoms with Gasteiger partial charge in [0.05, 0.1) is 11.4 Å². The maximum Gasteiger partial charge on any atom is 0.161 e. The van der Waals surface area contributed by atoms with Crippen molar-refractivity contribution in [3.05, 3.63) is 217 Å². The summed E-state index contributed by atoms with van der Waals surface area (Å²) in [6, 6.07) is 74.3. The van der Waals surface area contributed by atoms with Gasteiger partial charge in [0.2, 0.25) is 0 Å². The summed E-state index contributed by atoms with van der Waals surface area (Å²) in [6.45, 7) is 4.71. The van der Waals surface area contributed by atoms with Crippen molar-refractivity contribution in [1.29, 1.82) is 0 Å². The van der Waals surface area contributed by atoms with Crippen molar-refractivity contribution in [2.24, 2.45) is 0 Å². The van der Waals surface area contributed by atoms with E-state index in [-0.39, 0.29) is 5.41 Å². The SMILES string of the molecule is CC1(C)c2ccc(-c3ccc(-c4ccc(-c5nc(-c6ccccc6)cc(-c6cccc(-c7ccccc7)c6)n5)c5ccccc45)cc3)cc2-c2cc3ccccc3cc21. The van der Waals surface area contributed by atoms with Crippen molar-refractivity contribution in [1.82, 2.24) is 9.97 Å². The molecule has 2 heteroatoms. The lowest BCUT2D eigenvalue weighted by Gasteiger charge is -2.22. The van der Waals surface area contributed by atoms with Crippen LogP contribution in [0.1, 0.15) is 25.0 Å². The molecule has 1 aromatic heterocycles. The molecule has 0 fully saturated rings. The Kier molecular flexibility index (Phi) is 8.20. The van der Waals surface area contributed by atoms with E-state index in [9.17, 15) is 0 Å². The quantitative estimate of drug-likeness (QED) is 0.169. The molecule has 0 saturated heterocycles. The van der Waals surface area contributed by atoms with Crippen LogP contribution in [-0.2, 0) is 5.41 Å². The highest BCUT2D eigenvalue weighted by molar-refractivity contribution is 6.04. The van der Waals surface area contributed by atoms with E-state index in [0.29, 0.717) is 5.82 Å². The molecular weight excluding hydrogens is 713 g/mol. The van der Waals surface area contributed by atoms with Gasteiger partial charge in [-0.1, -0.05) is 184 Å². The fraction of sp³-hybridized carbons (Fsp3) is 0.0526. The van der Waals surface area contributed by atoms with Gasteiger partial charge in [0.15, 0.2) is 5.82 Å². The average molecular weight is 753 g/mol. The van der Waals surface area contributed by atoms with Gasteiger partial charge in [-0.2, -0.15) is 0 Å². The van der Waals surface area contributed by atoms with E-state index < -0.39 is 0 Å². The van der Waals surface area contributed by atoms with Crippen LogP contribution in [-0.4, -0.2) is 9.97 Å². The van der Waals surface area contributed by atoms with E-state index in [1.54, 1.807) is 0 Å².